The summed E-state index contributed by atoms with van der Waals surface area (Å²) in [7, 11) is 0. The fraction of sp³-hybridized carbons (Fsp3) is 0.333. The minimum Gasteiger partial charge on any atom is -0.476 e. The maximum Gasteiger partial charge on any atom is 0.355 e. The van der Waals surface area contributed by atoms with Crippen molar-refractivity contribution in [3.8, 4) is 0 Å². The van der Waals surface area contributed by atoms with Gasteiger partial charge in [-0.2, -0.15) is 0 Å². The largest absolute Gasteiger partial charge is 0.476 e. The van der Waals surface area contributed by atoms with Gasteiger partial charge in [0.1, 0.15) is 5.01 Å². The van der Waals surface area contributed by atoms with Gasteiger partial charge >= 0.3 is 12.0 Å². The zero-order valence-corrected chi connectivity index (χ0v) is 13.3. The molecule has 112 valence electrons. The van der Waals surface area contributed by atoms with E-state index in [4.69, 9.17) is 5.11 Å². The second-order valence-corrected chi connectivity index (χ2v) is 6.45. The van der Waals surface area contributed by atoms with Crippen LogP contribution in [0.2, 0.25) is 0 Å². The third kappa shape index (κ3) is 3.76. The Morgan fingerprint density at radius 1 is 1.33 bits per heavy atom. The number of anilines is 1. The number of carbonyl (C=O) groups excluding carboxylic acids is 1. The quantitative estimate of drug-likeness (QED) is 0.801. The van der Waals surface area contributed by atoms with E-state index in [-0.39, 0.29) is 11.7 Å². The van der Waals surface area contributed by atoms with E-state index in [2.05, 4.69) is 20.6 Å². The highest BCUT2D eigenvalue weighted by atomic mass is 32.1. The summed E-state index contributed by atoms with van der Waals surface area (Å²) in [6, 6.07) is -0.784. The molecule has 2 heterocycles. The average molecular weight is 326 g/mol. The molecule has 0 aliphatic carbocycles. The van der Waals surface area contributed by atoms with Crippen molar-refractivity contribution >= 4 is 39.8 Å². The fourth-order valence-electron chi connectivity index (χ4n) is 1.50. The summed E-state index contributed by atoms with van der Waals surface area (Å²) >= 11 is 2.59. The molecule has 1 unspecified atom stereocenters. The number of aromatic carboxylic acids is 1. The number of amides is 2. The van der Waals surface area contributed by atoms with Crippen LogP contribution in [-0.4, -0.2) is 27.1 Å². The lowest BCUT2D eigenvalue weighted by Gasteiger charge is -2.10. The summed E-state index contributed by atoms with van der Waals surface area (Å²) < 4.78 is 0. The van der Waals surface area contributed by atoms with Crippen molar-refractivity contribution < 1.29 is 14.7 Å². The molecule has 0 fully saturated rings. The number of nitrogens with zero attached hydrogens (tertiary/aromatic N) is 2. The molecule has 0 saturated heterocycles. The number of carboxylic acid groups (broad SMARTS) is 1. The van der Waals surface area contributed by atoms with Crippen LogP contribution in [0.3, 0.4) is 0 Å². The Morgan fingerprint density at radius 2 is 2.05 bits per heavy atom. The number of hydrogen-bond donors (Lipinski definition) is 3. The van der Waals surface area contributed by atoms with E-state index in [0.29, 0.717) is 10.1 Å². The van der Waals surface area contributed by atoms with Crippen molar-refractivity contribution in [1.82, 2.24) is 15.3 Å². The van der Waals surface area contributed by atoms with E-state index < -0.39 is 12.0 Å². The Hall–Kier alpha value is -2.00. The first-order valence-electron chi connectivity index (χ1n) is 6.07. The molecule has 0 spiro atoms. The van der Waals surface area contributed by atoms with Crippen LogP contribution in [0.15, 0.2) is 5.38 Å². The van der Waals surface area contributed by atoms with E-state index >= 15 is 0 Å². The van der Waals surface area contributed by atoms with Gasteiger partial charge in [-0.15, -0.1) is 22.7 Å². The third-order valence-corrected chi connectivity index (χ3v) is 4.72. The molecule has 21 heavy (non-hydrogen) atoms. The molecule has 3 N–H and O–H groups in total. The molecular formula is C12H14N4O3S2. The van der Waals surface area contributed by atoms with Gasteiger partial charge in [-0.1, -0.05) is 0 Å². The zero-order valence-electron chi connectivity index (χ0n) is 11.6. The van der Waals surface area contributed by atoms with E-state index in [0.717, 1.165) is 10.6 Å². The minimum atomic E-state index is -1.08. The summed E-state index contributed by atoms with van der Waals surface area (Å²) in [5.74, 6) is -1.08. The van der Waals surface area contributed by atoms with Crippen molar-refractivity contribution in [3.63, 3.8) is 0 Å². The summed E-state index contributed by atoms with van der Waals surface area (Å²) in [6.45, 7) is 5.55. The van der Waals surface area contributed by atoms with E-state index in [1.54, 1.807) is 6.92 Å². The van der Waals surface area contributed by atoms with Crippen molar-refractivity contribution in [3.05, 3.63) is 26.7 Å². The topological polar surface area (TPSA) is 104 Å². The first kappa shape index (κ1) is 15.4. The molecule has 0 aliphatic rings. The number of aromatic nitrogens is 2. The van der Waals surface area contributed by atoms with Crippen LogP contribution < -0.4 is 10.6 Å². The Bertz CT molecular complexity index is 660. The van der Waals surface area contributed by atoms with Gasteiger partial charge in [0.25, 0.3) is 0 Å². The second kappa shape index (κ2) is 6.19. The normalized spacial score (nSPS) is 12.0. The molecule has 2 amide bonds. The Balaban J connectivity index is 1.96. The van der Waals surface area contributed by atoms with Crippen LogP contribution in [0.25, 0.3) is 0 Å². The maximum absolute atomic E-state index is 11.9. The molecule has 0 saturated carbocycles. The SMILES string of the molecule is Cc1nc(NC(=O)NC(C)c2nc(C(=O)O)cs2)sc1C. The molecule has 2 aromatic heterocycles. The smallest absolute Gasteiger partial charge is 0.355 e. The van der Waals surface area contributed by atoms with Crippen LogP contribution in [0.4, 0.5) is 9.93 Å². The van der Waals surface area contributed by atoms with Crippen LogP contribution >= 0.6 is 22.7 Å². The molecule has 1 atom stereocenters. The van der Waals surface area contributed by atoms with E-state index in [1.165, 1.54) is 28.1 Å². The van der Waals surface area contributed by atoms with Crippen LogP contribution in [0.1, 0.15) is 39.0 Å². The number of thiazole rings is 2. The molecular weight excluding hydrogens is 312 g/mol. The number of nitrogens with one attached hydrogen (secondary N) is 2. The molecule has 9 heteroatoms. The van der Waals surface area contributed by atoms with Crippen LogP contribution in [0.5, 0.6) is 0 Å². The highest BCUT2D eigenvalue weighted by Gasteiger charge is 2.16. The lowest BCUT2D eigenvalue weighted by atomic mass is 10.3. The van der Waals surface area contributed by atoms with E-state index in [9.17, 15) is 9.59 Å². The summed E-state index contributed by atoms with van der Waals surface area (Å²) in [5.41, 5.74) is 0.865. The molecule has 0 aliphatic heterocycles. The van der Waals surface area contributed by atoms with Crippen molar-refractivity contribution in [2.45, 2.75) is 26.8 Å². The lowest BCUT2D eigenvalue weighted by molar-refractivity contribution is 0.0691. The summed E-state index contributed by atoms with van der Waals surface area (Å²) in [4.78, 5) is 31.8. The predicted octanol–water partition coefficient (Wildman–Crippen LogP) is 2.80. The Labute approximate surface area is 129 Å². The molecule has 0 aromatic carbocycles. The fourth-order valence-corrected chi connectivity index (χ4v) is 3.11. The lowest BCUT2D eigenvalue weighted by Crippen LogP contribution is -2.31. The van der Waals surface area contributed by atoms with Gasteiger partial charge in [0.05, 0.1) is 11.7 Å². The van der Waals surface area contributed by atoms with Gasteiger partial charge in [-0.05, 0) is 20.8 Å². The average Bonchev–Trinajstić information content (AvgIpc) is 2.97. The number of hydrogen-bond acceptors (Lipinski definition) is 6. The van der Waals surface area contributed by atoms with Gasteiger partial charge in [-0.3, -0.25) is 5.32 Å². The molecule has 2 rings (SSSR count). The highest BCUT2D eigenvalue weighted by Crippen LogP contribution is 2.22. The highest BCUT2D eigenvalue weighted by molar-refractivity contribution is 7.15. The van der Waals surface area contributed by atoms with Gasteiger partial charge in [0.2, 0.25) is 0 Å². The standard InChI is InChI=1S/C12H14N4O3S2/c1-5-7(3)21-12(14-5)16-11(19)13-6(2)9-15-8(4-20-9)10(17)18/h4,6H,1-3H3,(H,17,18)(H2,13,14,16,19). The summed E-state index contributed by atoms with van der Waals surface area (Å²) in [5, 5.41) is 16.7. The van der Waals surface area contributed by atoms with Crippen molar-refractivity contribution in [1.29, 1.82) is 0 Å². The summed E-state index contributed by atoms with van der Waals surface area (Å²) in [6.07, 6.45) is 0. The maximum atomic E-state index is 11.9. The van der Waals surface area contributed by atoms with Gasteiger partial charge in [0, 0.05) is 10.3 Å². The zero-order chi connectivity index (χ0) is 15.6. The molecule has 0 radical (unpaired) electrons. The monoisotopic (exact) mass is 326 g/mol. The molecule has 0 bridgehead atoms. The number of rotatable bonds is 4. The Morgan fingerprint density at radius 3 is 2.57 bits per heavy atom. The van der Waals surface area contributed by atoms with Crippen LogP contribution in [-0.2, 0) is 0 Å². The van der Waals surface area contributed by atoms with Gasteiger partial charge in [-0.25, -0.2) is 19.6 Å². The predicted molar refractivity (Wildman–Crippen MR) is 81.2 cm³/mol. The second-order valence-electron chi connectivity index (χ2n) is 4.36. The number of urea groups is 1. The number of aryl methyl sites for hydroxylation is 2. The van der Waals surface area contributed by atoms with Gasteiger partial charge < -0.3 is 10.4 Å². The first-order valence-corrected chi connectivity index (χ1v) is 7.76. The van der Waals surface area contributed by atoms with Crippen LogP contribution in [0, 0.1) is 13.8 Å². The molecule has 2 aromatic rings. The number of carboxylic acids is 1. The number of carbonyl (C=O) groups is 2. The third-order valence-electron chi connectivity index (χ3n) is 2.71. The van der Waals surface area contributed by atoms with E-state index in [1.807, 2.05) is 13.8 Å². The first-order chi connectivity index (χ1) is 9.86. The minimum absolute atomic E-state index is 0.0183. The van der Waals surface area contributed by atoms with Crippen molar-refractivity contribution in [2.75, 3.05) is 5.32 Å². The van der Waals surface area contributed by atoms with Crippen molar-refractivity contribution in [2.24, 2.45) is 0 Å². The Kier molecular flexibility index (Phi) is 4.53. The van der Waals surface area contributed by atoms with Gasteiger partial charge in [0.15, 0.2) is 10.8 Å². The molecule has 7 nitrogen and oxygen atoms in total.